The van der Waals surface area contributed by atoms with Crippen molar-refractivity contribution in [3.05, 3.63) is 58.7 Å². The van der Waals surface area contributed by atoms with Crippen molar-refractivity contribution < 1.29 is 22.0 Å². The van der Waals surface area contributed by atoms with E-state index < -0.39 is 33.5 Å². The van der Waals surface area contributed by atoms with Gasteiger partial charge in [-0.25, -0.2) is 17.2 Å². The molecule has 1 heterocycles. The van der Waals surface area contributed by atoms with Crippen LogP contribution in [0.15, 0.2) is 35.2 Å². The highest BCUT2D eigenvalue weighted by atomic mass is 32.2. The summed E-state index contributed by atoms with van der Waals surface area (Å²) in [6.45, 7) is 5.86. The summed E-state index contributed by atoms with van der Waals surface area (Å²) in [7, 11) is -3.67. The van der Waals surface area contributed by atoms with Crippen LogP contribution in [0.3, 0.4) is 0 Å². The van der Waals surface area contributed by atoms with Crippen LogP contribution in [0.2, 0.25) is 0 Å². The maximum atomic E-state index is 13.7. The second kappa shape index (κ2) is 8.20. The van der Waals surface area contributed by atoms with Crippen molar-refractivity contribution in [1.29, 1.82) is 0 Å². The summed E-state index contributed by atoms with van der Waals surface area (Å²) < 4.78 is 54.7. The number of carbonyl (C=O) groups is 1. The number of carbonyl (C=O) groups excluding carboxylic acids is 1. The third kappa shape index (κ3) is 4.48. The molecule has 0 spiro atoms. The first-order chi connectivity index (χ1) is 13.6. The van der Waals surface area contributed by atoms with Crippen molar-refractivity contribution in [3.8, 4) is 0 Å². The Morgan fingerprint density at radius 2 is 1.62 bits per heavy atom. The highest BCUT2D eigenvalue weighted by Crippen LogP contribution is 2.29. The van der Waals surface area contributed by atoms with E-state index in [2.05, 4.69) is 5.32 Å². The molecule has 0 saturated carbocycles. The normalized spacial score (nSPS) is 16.0. The molecule has 0 atom stereocenters. The molecule has 3 rings (SSSR count). The molecule has 156 valence electrons. The topological polar surface area (TPSA) is 66.5 Å². The molecule has 1 fully saturated rings. The first kappa shape index (κ1) is 21.4. The van der Waals surface area contributed by atoms with E-state index in [1.54, 1.807) is 13.8 Å². The Bertz CT molecular complexity index is 1020. The Hall–Kier alpha value is -2.32. The van der Waals surface area contributed by atoms with Gasteiger partial charge in [0.2, 0.25) is 15.9 Å². The third-order valence-electron chi connectivity index (χ3n) is 5.21. The number of benzene rings is 2. The quantitative estimate of drug-likeness (QED) is 0.812. The molecule has 1 N–H and O–H groups in total. The lowest BCUT2D eigenvalue weighted by atomic mass is 9.97. The van der Waals surface area contributed by atoms with Crippen LogP contribution < -0.4 is 5.32 Å². The van der Waals surface area contributed by atoms with E-state index in [-0.39, 0.29) is 18.8 Å². The first-order valence-electron chi connectivity index (χ1n) is 9.43. The molecule has 2 aromatic carbocycles. The summed E-state index contributed by atoms with van der Waals surface area (Å²) in [5, 5.41) is 2.41. The number of nitrogens with zero attached hydrogens (tertiary/aromatic N) is 1. The number of amides is 1. The number of hydrogen-bond donors (Lipinski definition) is 1. The number of piperidine rings is 1. The van der Waals surface area contributed by atoms with Gasteiger partial charge in [0.05, 0.1) is 10.6 Å². The number of halogens is 2. The summed E-state index contributed by atoms with van der Waals surface area (Å²) in [4.78, 5) is 12.7. The van der Waals surface area contributed by atoms with Gasteiger partial charge in [-0.05, 0) is 56.9 Å². The predicted octanol–water partition coefficient (Wildman–Crippen LogP) is 3.93. The van der Waals surface area contributed by atoms with Gasteiger partial charge in [0.1, 0.15) is 11.6 Å². The monoisotopic (exact) mass is 422 g/mol. The van der Waals surface area contributed by atoms with Gasteiger partial charge < -0.3 is 5.32 Å². The Kier molecular flexibility index (Phi) is 6.05. The average Bonchev–Trinajstić information content (AvgIpc) is 2.63. The van der Waals surface area contributed by atoms with Gasteiger partial charge in [0.25, 0.3) is 0 Å². The largest absolute Gasteiger partial charge is 0.323 e. The zero-order valence-electron chi connectivity index (χ0n) is 16.6. The fourth-order valence-corrected chi connectivity index (χ4v) is 5.77. The van der Waals surface area contributed by atoms with Crippen molar-refractivity contribution in [2.24, 2.45) is 5.92 Å². The van der Waals surface area contributed by atoms with Crippen molar-refractivity contribution in [3.63, 3.8) is 0 Å². The zero-order chi connectivity index (χ0) is 21.3. The number of anilines is 1. The summed E-state index contributed by atoms with van der Waals surface area (Å²) in [5.41, 5.74) is 2.18. The molecule has 0 aliphatic carbocycles. The molecule has 0 bridgehead atoms. The fourth-order valence-electron chi connectivity index (χ4n) is 3.89. The highest BCUT2D eigenvalue weighted by molar-refractivity contribution is 7.89. The molecular weight excluding hydrogens is 398 g/mol. The minimum Gasteiger partial charge on any atom is -0.323 e. The number of rotatable bonds is 4. The van der Waals surface area contributed by atoms with Gasteiger partial charge in [-0.15, -0.1) is 0 Å². The molecule has 8 heteroatoms. The lowest BCUT2D eigenvalue weighted by molar-refractivity contribution is -0.120. The number of hydrogen-bond acceptors (Lipinski definition) is 3. The molecule has 1 amide bonds. The van der Waals surface area contributed by atoms with Crippen LogP contribution >= 0.6 is 0 Å². The Labute approximate surface area is 169 Å². The van der Waals surface area contributed by atoms with E-state index in [0.29, 0.717) is 28.9 Å². The maximum absolute atomic E-state index is 13.7. The molecule has 0 aromatic heterocycles. The molecule has 2 aromatic rings. The summed E-state index contributed by atoms with van der Waals surface area (Å²) >= 11 is 0. The molecule has 1 aliphatic heterocycles. The molecule has 1 saturated heterocycles. The molecular formula is C21H24F2N2O3S. The lowest BCUT2D eigenvalue weighted by Crippen LogP contribution is -2.41. The molecule has 0 radical (unpaired) electrons. The average molecular weight is 422 g/mol. The lowest BCUT2D eigenvalue weighted by Gasteiger charge is -2.31. The van der Waals surface area contributed by atoms with Crippen molar-refractivity contribution in [1.82, 2.24) is 4.31 Å². The number of sulfonamides is 1. The smallest absolute Gasteiger partial charge is 0.243 e. The van der Waals surface area contributed by atoms with Crippen LogP contribution in [-0.2, 0) is 14.8 Å². The molecule has 29 heavy (non-hydrogen) atoms. The maximum Gasteiger partial charge on any atom is 0.243 e. The Balaban J connectivity index is 1.70. The van der Waals surface area contributed by atoms with Gasteiger partial charge in [-0.3, -0.25) is 4.79 Å². The minimum absolute atomic E-state index is 0.193. The summed E-state index contributed by atoms with van der Waals surface area (Å²) in [6.07, 6.45) is 0.623. The molecule has 0 unspecified atom stereocenters. The van der Waals surface area contributed by atoms with Crippen LogP contribution in [0.1, 0.15) is 29.5 Å². The van der Waals surface area contributed by atoms with Crippen molar-refractivity contribution in [2.45, 2.75) is 38.5 Å². The number of nitrogens with one attached hydrogen (secondary N) is 1. The zero-order valence-corrected chi connectivity index (χ0v) is 17.4. The van der Waals surface area contributed by atoms with Crippen LogP contribution in [0.5, 0.6) is 0 Å². The second-order valence-electron chi connectivity index (χ2n) is 7.52. The third-order valence-corrected chi connectivity index (χ3v) is 7.42. The molecule has 1 aliphatic rings. The van der Waals surface area contributed by atoms with E-state index in [1.165, 1.54) is 4.31 Å². The minimum atomic E-state index is -3.67. The van der Waals surface area contributed by atoms with Crippen molar-refractivity contribution in [2.75, 3.05) is 18.4 Å². The summed E-state index contributed by atoms with van der Waals surface area (Å²) in [6, 6.07) is 6.53. The van der Waals surface area contributed by atoms with Gasteiger partial charge in [-0.2, -0.15) is 4.31 Å². The van der Waals surface area contributed by atoms with Gasteiger partial charge in [0, 0.05) is 25.1 Å². The van der Waals surface area contributed by atoms with Gasteiger partial charge in [0.15, 0.2) is 0 Å². The Morgan fingerprint density at radius 3 is 2.21 bits per heavy atom. The van der Waals surface area contributed by atoms with Gasteiger partial charge >= 0.3 is 0 Å². The van der Waals surface area contributed by atoms with E-state index in [0.717, 1.165) is 23.8 Å². The van der Waals surface area contributed by atoms with Crippen LogP contribution in [-0.4, -0.2) is 31.7 Å². The van der Waals surface area contributed by atoms with E-state index in [1.807, 2.05) is 19.1 Å². The second-order valence-corrected chi connectivity index (χ2v) is 9.39. The number of aryl methyl sites for hydroxylation is 3. The van der Waals surface area contributed by atoms with E-state index in [4.69, 9.17) is 0 Å². The Morgan fingerprint density at radius 1 is 1.03 bits per heavy atom. The molecule has 5 nitrogen and oxygen atoms in total. The highest BCUT2D eigenvalue weighted by Gasteiger charge is 2.33. The fraction of sp³-hybridized carbons (Fsp3) is 0.381. The predicted molar refractivity (Wildman–Crippen MR) is 107 cm³/mol. The standard InChI is InChI=1S/C21H24F2N2O3S/c1-13-10-14(2)20(15(3)11-13)29(27,28)25-8-6-16(7-9-25)21(26)24-19-12-17(22)4-5-18(19)23/h4-5,10-12,16H,6-9H2,1-3H3,(H,24,26). The van der Waals surface area contributed by atoms with Crippen LogP contribution in [0, 0.1) is 38.3 Å². The van der Waals surface area contributed by atoms with Crippen LogP contribution in [0.25, 0.3) is 0 Å². The van der Waals surface area contributed by atoms with Crippen molar-refractivity contribution >= 4 is 21.6 Å². The van der Waals surface area contributed by atoms with Gasteiger partial charge in [-0.1, -0.05) is 17.7 Å². The van der Waals surface area contributed by atoms with E-state index in [9.17, 15) is 22.0 Å². The van der Waals surface area contributed by atoms with E-state index >= 15 is 0 Å². The first-order valence-corrected chi connectivity index (χ1v) is 10.9. The van der Waals surface area contributed by atoms with Crippen LogP contribution in [0.4, 0.5) is 14.5 Å². The summed E-state index contributed by atoms with van der Waals surface area (Å²) in [5.74, 6) is -2.27. The SMILES string of the molecule is Cc1cc(C)c(S(=O)(=O)N2CCC(C(=O)Nc3cc(F)ccc3F)CC2)c(C)c1.